The van der Waals surface area contributed by atoms with Crippen molar-refractivity contribution < 1.29 is 14.6 Å². The highest BCUT2D eigenvalue weighted by molar-refractivity contribution is 5.97. The molecule has 1 heterocycles. The Hall–Kier alpha value is -1.55. The molecule has 92 valence electrons. The van der Waals surface area contributed by atoms with Crippen molar-refractivity contribution >= 4 is 11.6 Å². The number of hydrogen-bond acceptors (Lipinski definition) is 3. The first-order valence-corrected chi connectivity index (χ1v) is 5.81. The van der Waals surface area contributed by atoms with Crippen LogP contribution in [0, 0.1) is 11.8 Å². The monoisotopic (exact) mass is 235 g/mol. The van der Waals surface area contributed by atoms with E-state index in [0.29, 0.717) is 11.4 Å². The fourth-order valence-electron chi connectivity index (χ4n) is 2.00. The molecule has 1 amide bonds. The standard InChI is InChI=1S/C13H17NO3/c1-8(2)9(7-15)12-13(16)14-10-5-3-4-6-11(10)17-12/h3-6,8-9,12,15H,7H2,1-2H3,(H,14,16). The topological polar surface area (TPSA) is 58.6 Å². The van der Waals surface area contributed by atoms with Gasteiger partial charge in [-0.05, 0) is 18.1 Å². The highest BCUT2D eigenvalue weighted by Gasteiger charge is 2.35. The molecule has 0 aliphatic carbocycles. The first-order chi connectivity index (χ1) is 8.13. The average molecular weight is 235 g/mol. The number of carbonyl (C=O) groups excluding carboxylic acids is 1. The van der Waals surface area contributed by atoms with Crippen LogP contribution in [0.2, 0.25) is 0 Å². The fourth-order valence-corrected chi connectivity index (χ4v) is 2.00. The molecule has 0 fully saturated rings. The van der Waals surface area contributed by atoms with Gasteiger partial charge in [0.2, 0.25) is 0 Å². The summed E-state index contributed by atoms with van der Waals surface area (Å²) in [5.41, 5.74) is 0.689. The lowest BCUT2D eigenvalue weighted by Gasteiger charge is -2.32. The Balaban J connectivity index is 2.25. The third-order valence-corrected chi connectivity index (χ3v) is 3.11. The average Bonchev–Trinajstić information content (AvgIpc) is 2.30. The first-order valence-electron chi connectivity index (χ1n) is 5.81. The van der Waals surface area contributed by atoms with Crippen LogP contribution in [0.15, 0.2) is 24.3 Å². The van der Waals surface area contributed by atoms with Crippen molar-refractivity contribution in [2.45, 2.75) is 20.0 Å². The van der Waals surface area contributed by atoms with Crippen LogP contribution in [-0.4, -0.2) is 23.7 Å². The molecule has 1 aliphatic heterocycles. The Bertz CT molecular complexity index is 417. The largest absolute Gasteiger partial charge is 0.478 e. The van der Waals surface area contributed by atoms with Gasteiger partial charge in [-0.25, -0.2) is 0 Å². The van der Waals surface area contributed by atoms with E-state index in [1.807, 2.05) is 32.0 Å². The lowest BCUT2D eigenvalue weighted by atomic mass is 9.89. The summed E-state index contributed by atoms with van der Waals surface area (Å²) in [6.45, 7) is 3.88. The maximum Gasteiger partial charge on any atom is 0.265 e. The fraction of sp³-hybridized carbons (Fsp3) is 0.462. The van der Waals surface area contributed by atoms with E-state index in [1.165, 1.54) is 0 Å². The lowest BCUT2D eigenvalue weighted by Crippen LogP contribution is -2.45. The molecule has 0 aromatic heterocycles. The van der Waals surface area contributed by atoms with Gasteiger partial charge in [0.1, 0.15) is 5.75 Å². The minimum absolute atomic E-state index is 0.0576. The van der Waals surface area contributed by atoms with Gasteiger partial charge in [-0.15, -0.1) is 0 Å². The van der Waals surface area contributed by atoms with E-state index in [1.54, 1.807) is 6.07 Å². The summed E-state index contributed by atoms with van der Waals surface area (Å²) in [4.78, 5) is 11.9. The number of amides is 1. The second-order valence-electron chi connectivity index (χ2n) is 4.61. The van der Waals surface area contributed by atoms with E-state index >= 15 is 0 Å². The number of rotatable bonds is 3. The molecule has 1 aromatic rings. The smallest absolute Gasteiger partial charge is 0.265 e. The predicted octanol–water partition coefficient (Wildman–Crippen LogP) is 1.65. The molecule has 0 bridgehead atoms. The molecule has 0 saturated heterocycles. The molecule has 4 heteroatoms. The Labute approximate surface area is 101 Å². The number of hydrogen-bond donors (Lipinski definition) is 2. The summed E-state index contributed by atoms with van der Waals surface area (Å²) in [6.07, 6.45) is -0.616. The minimum atomic E-state index is -0.616. The number of anilines is 1. The van der Waals surface area contributed by atoms with Crippen LogP contribution >= 0.6 is 0 Å². The van der Waals surface area contributed by atoms with E-state index in [0.717, 1.165) is 0 Å². The Morgan fingerprint density at radius 2 is 2.12 bits per heavy atom. The van der Waals surface area contributed by atoms with Crippen molar-refractivity contribution in [2.24, 2.45) is 11.8 Å². The Morgan fingerprint density at radius 3 is 2.76 bits per heavy atom. The number of fused-ring (bicyclic) bond motifs is 1. The molecule has 0 saturated carbocycles. The van der Waals surface area contributed by atoms with Gasteiger partial charge in [-0.1, -0.05) is 26.0 Å². The first kappa shape index (κ1) is 11.9. The van der Waals surface area contributed by atoms with Crippen LogP contribution in [-0.2, 0) is 4.79 Å². The van der Waals surface area contributed by atoms with E-state index in [4.69, 9.17) is 4.74 Å². The molecule has 2 rings (SSSR count). The van der Waals surface area contributed by atoms with Gasteiger partial charge in [0.05, 0.1) is 12.3 Å². The Kier molecular flexibility index (Phi) is 3.33. The molecule has 4 nitrogen and oxygen atoms in total. The summed E-state index contributed by atoms with van der Waals surface area (Å²) in [5, 5.41) is 12.2. The number of carbonyl (C=O) groups is 1. The molecular weight excluding hydrogens is 218 g/mol. The number of para-hydroxylation sites is 2. The molecule has 2 atom stereocenters. The quantitative estimate of drug-likeness (QED) is 0.837. The number of benzene rings is 1. The van der Waals surface area contributed by atoms with Crippen LogP contribution < -0.4 is 10.1 Å². The molecule has 17 heavy (non-hydrogen) atoms. The molecule has 0 spiro atoms. The second kappa shape index (κ2) is 4.75. The van der Waals surface area contributed by atoms with Gasteiger partial charge in [0, 0.05) is 5.92 Å². The van der Waals surface area contributed by atoms with Gasteiger partial charge in [-0.3, -0.25) is 4.79 Å². The SMILES string of the molecule is CC(C)C(CO)C1Oc2ccccc2NC1=O. The van der Waals surface area contributed by atoms with E-state index in [-0.39, 0.29) is 24.3 Å². The van der Waals surface area contributed by atoms with E-state index in [9.17, 15) is 9.90 Å². The normalized spacial score (nSPS) is 20.5. The zero-order valence-corrected chi connectivity index (χ0v) is 10.0. The summed E-state index contributed by atoms with van der Waals surface area (Å²) >= 11 is 0. The molecule has 0 radical (unpaired) electrons. The third kappa shape index (κ3) is 2.26. The van der Waals surface area contributed by atoms with Crippen molar-refractivity contribution in [1.82, 2.24) is 0 Å². The van der Waals surface area contributed by atoms with Gasteiger partial charge < -0.3 is 15.2 Å². The van der Waals surface area contributed by atoms with Gasteiger partial charge in [0.25, 0.3) is 5.91 Å². The zero-order chi connectivity index (χ0) is 12.4. The summed E-state index contributed by atoms with van der Waals surface area (Å²) in [5.74, 6) is 0.469. The van der Waals surface area contributed by atoms with E-state index < -0.39 is 6.10 Å². The van der Waals surface area contributed by atoms with Crippen molar-refractivity contribution in [3.05, 3.63) is 24.3 Å². The van der Waals surface area contributed by atoms with Gasteiger partial charge >= 0.3 is 0 Å². The third-order valence-electron chi connectivity index (χ3n) is 3.11. The highest BCUT2D eigenvalue weighted by atomic mass is 16.5. The maximum atomic E-state index is 11.9. The molecular formula is C13H17NO3. The number of aliphatic hydroxyl groups is 1. The molecule has 2 unspecified atom stereocenters. The zero-order valence-electron chi connectivity index (χ0n) is 10.0. The number of aliphatic hydroxyl groups excluding tert-OH is 1. The van der Waals surface area contributed by atoms with Crippen molar-refractivity contribution in [1.29, 1.82) is 0 Å². The number of ether oxygens (including phenoxy) is 1. The van der Waals surface area contributed by atoms with Crippen molar-refractivity contribution in [3.63, 3.8) is 0 Å². The van der Waals surface area contributed by atoms with Crippen molar-refractivity contribution in [2.75, 3.05) is 11.9 Å². The minimum Gasteiger partial charge on any atom is -0.478 e. The molecule has 2 N–H and O–H groups in total. The van der Waals surface area contributed by atoms with Crippen LogP contribution in [0.5, 0.6) is 5.75 Å². The molecule has 1 aliphatic rings. The second-order valence-corrected chi connectivity index (χ2v) is 4.61. The summed E-state index contributed by atoms with van der Waals surface area (Å²) in [6, 6.07) is 7.31. The van der Waals surface area contributed by atoms with E-state index in [2.05, 4.69) is 5.32 Å². The van der Waals surface area contributed by atoms with Gasteiger partial charge in [0.15, 0.2) is 6.10 Å². The van der Waals surface area contributed by atoms with Crippen LogP contribution in [0.3, 0.4) is 0 Å². The Morgan fingerprint density at radius 1 is 1.41 bits per heavy atom. The lowest BCUT2D eigenvalue weighted by molar-refractivity contribution is -0.127. The predicted molar refractivity (Wildman–Crippen MR) is 64.9 cm³/mol. The summed E-state index contributed by atoms with van der Waals surface area (Å²) in [7, 11) is 0. The van der Waals surface area contributed by atoms with Crippen molar-refractivity contribution in [3.8, 4) is 5.75 Å². The number of nitrogens with one attached hydrogen (secondary N) is 1. The van der Waals surface area contributed by atoms with Crippen LogP contribution in [0.4, 0.5) is 5.69 Å². The maximum absolute atomic E-state index is 11.9. The van der Waals surface area contributed by atoms with Gasteiger partial charge in [-0.2, -0.15) is 0 Å². The summed E-state index contributed by atoms with van der Waals surface area (Å²) < 4.78 is 5.69. The molecule has 1 aromatic carbocycles. The van der Waals surface area contributed by atoms with Crippen LogP contribution in [0.25, 0.3) is 0 Å². The van der Waals surface area contributed by atoms with Crippen LogP contribution in [0.1, 0.15) is 13.8 Å². The highest BCUT2D eigenvalue weighted by Crippen LogP contribution is 2.32.